The van der Waals surface area contributed by atoms with Crippen molar-refractivity contribution in [3.63, 3.8) is 0 Å². The molecule has 2 aromatic heterocycles. The smallest absolute Gasteiger partial charge is 0.266 e. The third kappa shape index (κ3) is 2.98. The third-order valence-electron chi connectivity index (χ3n) is 4.61. The Bertz CT molecular complexity index is 895. The highest BCUT2D eigenvalue weighted by atomic mass is 32.1. The fraction of sp³-hybridized carbons (Fsp3) is 0.421. The standard InChI is InChI=1S/C19H21N3OS2/c1-11(2)17-20-12(3)16(25-17)19(23)22-10-6-8-14(22)18-21-13-7-4-5-9-15(13)24-18/h4-5,7,9,11,14H,6,8,10H2,1-3H3/t14-/m1/s1. The molecule has 4 rings (SSSR count). The number of carbonyl (C=O) groups is 1. The Morgan fingerprint density at radius 2 is 2.04 bits per heavy atom. The molecule has 0 bridgehead atoms. The molecule has 0 saturated carbocycles. The van der Waals surface area contributed by atoms with Crippen LogP contribution in [0.4, 0.5) is 0 Å². The first-order valence-electron chi connectivity index (χ1n) is 8.68. The Kier molecular flexibility index (Phi) is 4.33. The average molecular weight is 372 g/mol. The maximum absolute atomic E-state index is 13.2. The lowest BCUT2D eigenvalue weighted by Crippen LogP contribution is -2.30. The van der Waals surface area contributed by atoms with Crippen molar-refractivity contribution >= 4 is 38.8 Å². The molecular weight excluding hydrogens is 350 g/mol. The molecule has 0 aliphatic carbocycles. The molecule has 0 radical (unpaired) electrons. The molecular formula is C19H21N3OS2. The van der Waals surface area contributed by atoms with E-state index in [1.807, 2.05) is 30.0 Å². The second kappa shape index (κ2) is 6.50. The lowest BCUT2D eigenvalue weighted by Gasteiger charge is -2.22. The number of benzene rings is 1. The van der Waals surface area contributed by atoms with Crippen LogP contribution in [-0.2, 0) is 0 Å². The summed E-state index contributed by atoms with van der Waals surface area (Å²) in [5, 5.41) is 2.09. The normalized spacial score (nSPS) is 17.8. The van der Waals surface area contributed by atoms with Crippen molar-refractivity contribution in [2.45, 2.75) is 45.6 Å². The Labute approximate surface area is 155 Å². The van der Waals surface area contributed by atoms with Crippen LogP contribution >= 0.6 is 22.7 Å². The van der Waals surface area contributed by atoms with Gasteiger partial charge >= 0.3 is 0 Å². The molecule has 6 heteroatoms. The van der Waals surface area contributed by atoms with E-state index in [1.165, 1.54) is 4.70 Å². The van der Waals surface area contributed by atoms with E-state index in [4.69, 9.17) is 4.98 Å². The van der Waals surface area contributed by atoms with Crippen molar-refractivity contribution in [1.29, 1.82) is 0 Å². The molecule has 3 aromatic rings. The van der Waals surface area contributed by atoms with Crippen molar-refractivity contribution in [1.82, 2.24) is 14.9 Å². The number of rotatable bonds is 3. The van der Waals surface area contributed by atoms with E-state index in [-0.39, 0.29) is 11.9 Å². The Morgan fingerprint density at radius 3 is 2.76 bits per heavy atom. The summed E-state index contributed by atoms with van der Waals surface area (Å²) >= 11 is 3.25. The van der Waals surface area contributed by atoms with Crippen molar-refractivity contribution < 1.29 is 4.79 Å². The summed E-state index contributed by atoms with van der Waals surface area (Å²) in [5.74, 6) is 0.465. The van der Waals surface area contributed by atoms with Gasteiger partial charge in [0.15, 0.2) is 0 Å². The van der Waals surface area contributed by atoms with Crippen LogP contribution in [0.5, 0.6) is 0 Å². The van der Waals surface area contributed by atoms with Gasteiger partial charge in [-0.25, -0.2) is 9.97 Å². The van der Waals surface area contributed by atoms with Crippen LogP contribution < -0.4 is 0 Å². The first kappa shape index (κ1) is 16.7. The molecule has 1 aromatic carbocycles. The molecule has 25 heavy (non-hydrogen) atoms. The van der Waals surface area contributed by atoms with E-state index in [2.05, 4.69) is 24.9 Å². The molecule has 0 N–H and O–H groups in total. The van der Waals surface area contributed by atoms with Gasteiger partial charge in [-0.3, -0.25) is 4.79 Å². The Morgan fingerprint density at radius 1 is 1.24 bits per heavy atom. The van der Waals surface area contributed by atoms with Gasteiger partial charge in [-0.15, -0.1) is 22.7 Å². The number of nitrogens with zero attached hydrogens (tertiary/aromatic N) is 3. The first-order valence-corrected chi connectivity index (χ1v) is 10.3. The van der Waals surface area contributed by atoms with Gasteiger partial charge < -0.3 is 4.90 Å². The molecule has 3 heterocycles. The molecule has 4 nitrogen and oxygen atoms in total. The Balaban J connectivity index is 1.66. The molecule has 1 fully saturated rings. The predicted molar refractivity (Wildman–Crippen MR) is 104 cm³/mol. The summed E-state index contributed by atoms with van der Waals surface area (Å²) in [6, 6.07) is 8.28. The van der Waals surface area contributed by atoms with Crippen molar-refractivity contribution in [3.05, 3.63) is 44.9 Å². The topological polar surface area (TPSA) is 46.1 Å². The number of aryl methyl sites for hydroxylation is 1. The molecule has 1 aliphatic heterocycles. The summed E-state index contributed by atoms with van der Waals surface area (Å²) in [6.07, 6.45) is 2.02. The minimum atomic E-state index is 0.0916. The van der Waals surface area contributed by atoms with E-state index in [9.17, 15) is 4.79 Å². The average Bonchev–Trinajstić information content (AvgIpc) is 3.31. The van der Waals surface area contributed by atoms with Crippen LogP contribution in [0.2, 0.25) is 0 Å². The largest absolute Gasteiger partial charge is 0.328 e. The summed E-state index contributed by atoms with van der Waals surface area (Å²) in [7, 11) is 0. The van der Waals surface area contributed by atoms with Crippen LogP contribution in [-0.4, -0.2) is 27.3 Å². The monoisotopic (exact) mass is 371 g/mol. The molecule has 1 aliphatic rings. The van der Waals surface area contributed by atoms with Crippen molar-refractivity contribution in [2.75, 3.05) is 6.54 Å². The molecule has 0 spiro atoms. The highest BCUT2D eigenvalue weighted by Gasteiger charge is 2.34. The Hall–Kier alpha value is -1.79. The number of aromatic nitrogens is 2. The minimum absolute atomic E-state index is 0.0916. The first-order chi connectivity index (χ1) is 12.0. The minimum Gasteiger partial charge on any atom is -0.328 e. The van der Waals surface area contributed by atoms with Gasteiger partial charge in [0, 0.05) is 12.5 Å². The number of fused-ring (bicyclic) bond motifs is 1. The SMILES string of the molecule is Cc1nc(C(C)C)sc1C(=O)N1CCC[C@@H]1c1nc2ccccc2s1. The van der Waals surface area contributed by atoms with Gasteiger partial charge in [-0.1, -0.05) is 26.0 Å². The molecule has 1 amide bonds. The molecule has 1 saturated heterocycles. The fourth-order valence-electron chi connectivity index (χ4n) is 3.29. The zero-order valence-electron chi connectivity index (χ0n) is 14.7. The fourth-order valence-corrected chi connectivity index (χ4v) is 5.43. The molecule has 130 valence electrons. The van der Waals surface area contributed by atoms with Crippen LogP contribution in [0.1, 0.15) is 64.0 Å². The van der Waals surface area contributed by atoms with Gasteiger partial charge in [0.2, 0.25) is 0 Å². The second-order valence-electron chi connectivity index (χ2n) is 6.80. The van der Waals surface area contributed by atoms with E-state index < -0.39 is 0 Å². The molecule has 0 unspecified atom stereocenters. The zero-order chi connectivity index (χ0) is 17.6. The van der Waals surface area contributed by atoms with Gasteiger partial charge in [0.05, 0.1) is 27.0 Å². The van der Waals surface area contributed by atoms with E-state index in [1.54, 1.807) is 22.7 Å². The van der Waals surface area contributed by atoms with Crippen molar-refractivity contribution in [3.8, 4) is 0 Å². The number of hydrogen-bond donors (Lipinski definition) is 0. The van der Waals surface area contributed by atoms with E-state index in [0.29, 0.717) is 5.92 Å². The number of carbonyl (C=O) groups excluding carboxylic acids is 1. The molecule has 1 atom stereocenters. The van der Waals surface area contributed by atoms with Gasteiger partial charge in [-0.05, 0) is 31.9 Å². The second-order valence-corrected chi connectivity index (χ2v) is 8.89. The summed E-state index contributed by atoms with van der Waals surface area (Å²) in [5.41, 5.74) is 1.88. The quantitative estimate of drug-likeness (QED) is 0.639. The van der Waals surface area contributed by atoms with Gasteiger partial charge in [-0.2, -0.15) is 0 Å². The number of para-hydroxylation sites is 1. The van der Waals surface area contributed by atoms with Gasteiger partial charge in [0.25, 0.3) is 5.91 Å². The number of hydrogen-bond acceptors (Lipinski definition) is 5. The zero-order valence-corrected chi connectivity index (χ0v) is 16.3. The van der Waals surface area contributed by atoms with Gasteiger partial charge in [0.1, 0.15) is 9.88 Å². The van der Waals surface area contributed by atoms with Crippen molar-refractivity contribution in [2.24, 2.45) is 0 Å². The number of amides is 1. The predicted octanol–water partition coefficient (Wildman–Crippen LogP) is 5.16. The lowest BCUT2D eigenvalue weighted by molar-refractivity contribution is 0.0739. The highest BCUT2D eigenvalue weighted by molar-refractivity contribution is 7.18. The highest BCUT2D eigenvalue weighted by Crippen LogP contribution is 2.38. The van der Waals surface area contributed by atoms with E-state index >= 15 is 0 Å². The summed E-state index contributed by atoms with van der Waals surface area (Å²) in [6.45, 7) is 6.98. The maximum Gasteiger partial charge on any atom is 0.266 e. The lowest BCUT2D eigenvalue weighted by atomic mass is 10.2. The summed E-state index contributed by atoms with van der Waals surface area (Å²) in [4.78, 5) is 25.3. The van der Waals surface area contributed by atoms with Crippen LogP contribution in [0.25, 0.3) is 10.2 Å². The third-order valence-corrected chi connectivity index (χ3v) is 7.19. The number of thiazole rings is 2. The maximum atomic E-state index is 13.2. The van der Waals surface area contributed by atoms with E-state index in [0.717, 1.165) is 45.5 Å². The van der Waals surface area contributed by atoms with Crippen LogP contribution in [0.3, 0.4) is 0 Å². The van der Waals surface area contributed by atoms with Crippen LogP contribution in [0, 0.1) is 6.92 Å². The number of likely N-dealkylation sites (tertiary alicyclic amines) is 1. The summed E-state index contributed by atoms with van der Waals surface area (Å²) < 4.78 is 1.19. The van der Waals surface area contributed by atoms with Crippen LogP contribution in [0.15, 0.2) is 24.3 Å².